The normalized spacial score (nSPS) is 26.4. The van der Waals surface area contributed by atoms with Crippen LogP contribution >= 0.6 is 0 Å². The number of carbonyl (C=O) groups is 1. The van der Waals surface area contributed by atoms with E-state index in [2.05, 4.69) is 10.2 Å². The summed E-state index contributed by atoms with van der Waals surface area (Å²) in [6, 6.07) is 7.66. The van der Waals surface area contributed by atoms with Crippen LogP contribution in [0.5, 0.6) is 0 Å². The third kappa shape index (κ3) is 1.51. The Balaban J connectivity index is 1.82. The fraction of sp³-hybridized carbons (Fsp3) is 0.429. The van der Waals surface area contributed by atoms with E-state index in [9.17, 15) is 10.0 Å². The lowest BCUT2D eigenvalue weighted by atomic mass is 10.0. The molecule has 2 aliphatic heterocycles. The molecule has 1 spiro atoms. The Morgan fingerprint density at radius 2 is 2.00 bits per heavy atom. The van der Waals surface area contributed by atoms with Crippen LogP contribution in [0.25, 0.3) is 0 Å². The molecule has 0 radical (unpaired) electrons. The van der Waals surface area contributed by atoms with Crippen molar-refractivity contribution in [2.24, 2.45) is 10.6 Å². The maximum absolute atomic E-state index is 12.5. The Morgan fingerprint density at radius 3 is 2.74 bits per heavy atom. The lowest BCUT2D eigenvalue weighted by molar-refractivity contribution is -0.136. The molecule has 1 N–H and O–H groups in total. The second-order valence-electron chi connectivity index (χ2n) is 5.79. The van der Waals surface area contributed by atoms with E-state index < -0.39 is 0 Å². The number of amides is 1. The average Bonchev–Trinajstić information content (AvgIpc) is 3.08. The molecule has 1 aliphatic carbocycles. The van der Waals surface area contributed by atoms with Crippen molar-refractivity contribution in [1.82, 2.24) is 10.0 Å². The second kappa shape index (κ2) is 3.57. The Morgan fingerprint density at radius 1 is 1.21 bits per heavy atom. The smallest absolute Gasteiger partial charge is 0.290 e. The Kier molecular flexibility index (Phi) is 2.07. The largest absolute Gasteiger partial charge is 0.410 e. The van der Waals surface area contributed by atoms with Gasteiger partial charge < -0.3 is 5.21 Å². The number of rotatable bonds is 0. The van der Waals surface area contributed by atoms with Gasteiger partial charge in [-0.2, -0.15) is 0 Å². The molecular weight excluding hydrogens is 242 g/mol. The molecule has 1 amide bonds. The number of hydrogen-bond acceptors (Lipinski definition) is 4. The van der Waals surface area contributed by atoms with Crippen LogP contribution in [-0.2, 0) is 11.3 Å². The van der Waals surface area contributed by atoms with Crippen molar-refractivity contribution < 1.29 is 10.0 Å². The molecule has 5 nitrogen and oxygen atoms in total. The van der Waals surface area contributed by atoms with Crippen LogP contribution in [0.4, 0.5) is 0 Å². The Labute approximate surface area is 111 Å². The first-order valence-corrected chi connectivity index (χ1v) is 6.60. The number of fused-ring (bicyclic) bond motifs is 2. The highest BCUT2D eigenvalue weighted by Gasteiger charge is 2.54. The summed E-state index contributed by atoms with van der Waals surface area (Å²) in [4.78, 5) is 12.5. The molecule has 2 fully saturated rings. The van der Waals surface area contributed by atoms with Crippen LogP contribution < -0.4 is 0 Å². The zero-order valence-electron chi connectivity index (χ0n) is 10.5. The first-order chi connectivity index (χ1) is 9.22. The highest BCUT2D eigenvalue weighted by atomic mass is 16.4. The van der Waals surface area contributed by atoms with Crippen molar-refractivity contribution >= 4 is 11.6 Å². The van der Waals surface area contributed by atoms with Gasteiger partial charge >= 0.3 is 0 Å². The third-order valence-corrected chi connectivity index (χ3v) is 4.46. The first kappa shape index (κ1) is 11.0. The molecular formula is C14H15N3O2. The van der Waals surface area contributed by atoms with E-state index in [4.69, 9.17) is 0 Å². The third-order valence-electron chi connectivity index (χ3n) is 4.46. The summed E-state index contributed by atoms with van der Waals surface area (Å²) in [6.45, 7) is 2.41. The summed E-state index contributed by atoms with van der Waals surface area (Å²) in [7, 11) is 0. The molecule has 1 saturated heterocycles. The molecule has 2 heterocycles. The lowest BCUT2D eigenvalue weighted by Crippen LogP contribution is -2.42. The van der Waals surface area contributed by atoms with E-state index in [1.165, 1.54) is 12.8 Å². The number of hydrogen-bond donors (Lipinski definition) is 1. The average molecular weight is 257 g/mol. The molecule has 1 aromatic carbocycles. The minimum absolute atomic E-state index is 0.163. The minimum atomic E-state index is -0.184. The van der Waals surface area contributed by atoms with Gasteiger partial charge in [0.05, 0.1) is 0 Å². The van der Waals surface area contributed by atoms with Gasteiger partial charge in [-0.3, -0.25) is 9.80 Å². The van der Waals surface area contributed by atoms with Crippen LogP contribution in [-0.4, -0.2) is 39.9 Å². The number of benzene rings is 1. The van der Waals surface area contributed by atoms with Gasteiger partial charge in [0.25, 0.3) is 5.91 Å². The van der Waals surface area contributed by atoms with E-state index in [-0.39, 0.29) is 11.6 Å². The van der Waals surface area contributed by atoms with E-state index >= 15 is 0 Å². The van der Waals surface area contributed by atoms with Crippen molar-refractivity contribution in [2.45, 2.75) is 19.4 Å². The number of oxime groups is 1. The summed E-state index contributed by atoms with van der Waals surface area (Å²) in [6.07, 6.45) is 2.39. The van der Waals surface area contributed by atoms with Gasteiger partial charge in [-0.1, -0.05) is 29.4 Å². The van der Waals surface area contributed by atoms with Gasteiger partial charge in [-0.05, 0) is 18.4 Å². The maximum Gasteiger partial charge on any atom is 0.290 e. The zero-order valence-corrected chi connectivity index (χ0v) is 10.5. The van der Waals surface area contributed by atoms with E-state index in [1.807, 2.05) is 24.3 Å². The summed E-state index contributed by atoms with van der Waals surface area (Å²) in [5.74, 6) is -0.184. The number of hydrazine groups is 1. The summed E-state index contributed by atoms with van der Waals surface area (Å²) >= 11 is 0. The number of nitrogens with zero attached hydrogens (tertiary/aromatic N) is 3. The summed E-state index contributed by atoms with van der Waals surface area (Å²) < 4.78 is 0. The quantitative estimate of drug-likeness (QED) is 0.561. The molecule has 3 aliphatic rings. The molecule has 4 rings (SSSR count). The first-order valence-electron chi connectivity index (χ1n) is 6.60. The minimum Gasteiger partial charge on any atom is -0.410 e. The standard InChI is InChI=1S/C14H15N3O2/c18-13-12(15-19)11-4-2-1-3-10(11)7-16-8-14(5-6-14)9-17(13)16/h1-4,19H,5-9H2/b15-12-. The van der Waals surface area contributed by atoms with Gasteiger partial charge in [0.15, 0.2) is 5.71 Å². The molecule has 98 valence electrons. The molecule has 0 atom stereocenters. The van der Waals surface area contributed by atoms with E-state index in [1.54, 1.807) is 5.01 Å². The Bertz CT molecular complexity index is 592. The lowest BCUT2D eigenvalue weighted by Gasteiger charge is -2.24. The highest BCUT2D eigenvalue weighted by Crippen LogP contribution is 2.51. The van der Waals surface area contributed by atoms with Crippen LogP contribution in [0, 0.1) is 5.41 Å². The predicted molar refractivity (Wildman–Crippen MR) is 68.6 cm³/mol. The van der Waals surface area contributed by atoms with E-state index in [0.29, 0.717) is 12.0 Å². The van der Waals surface area contributed by atoms with Crippen LogP contribution in [0.2, 0.25) is 0 Å². The fourth-order valence-corrected chi connectivity index (χ4v) is 3.19. The Hall–Kier alpha value is -1.88. The van der Waals surface area contributed by atoms with E-state index in [0.717, 1.165) is 24.2 Å². The van der Waals surface area contributed by atoms with Crippen LogP contribution in [0.3, 0.4) is 0 Å². The monoisotopic (exact) mass is 257 g/mol. The number of carbonyl (C=O) groups excluding carboxylic acids is 1. The zero-order chi connectivity index (χ0) is 13.0. The summed E-state index contributed by atoms with van der Waals surface area (Å²) in [5.41, 5.74) is 2.26. The fourth-order valence-electron chi connectivity index (χ4n) is 3.19. The van der Waals surface area contributed by atoms with Crippen LogP contribution in [0.1, 0.15) is 24.0 Å². The molecule has 0 aromatic heterocycles. The van der Waals surface area contributed by atoms with Crippen molar-refractivity contribution in [3.05, 3.63) is 35.4 Å². The molecule has 0 unspecified atom stereocenters. The van der Waals surface area contributed by atoms with Gasteiger partial charge in [0.2, 0.25) is 0 Å². The van der Waals surface area contributed by atoms with Crippen molar-refractivity contribution in [2.75, 3.05) is 13.1 Å². The van der Waals surface area contributed by atoms with Gasteiger partial charge in [0, 0.05) is 30.6 Å². The van der Waals surface area contributed by atoms with Gasteiger partial charge in [-0.25, -0.2) is 5.01 Å². The summed E-state index contributed by atoms with van der Waals surface area (Å²) in [5, 5.41) is 16.3. The molecule has 1 saturated carbocycles. The maximum atomic E-state index is 12.5. The molecule has 19 heavy (non-hydrogen) atoms. The van der Waals surface area contributed by atoms with Gasteiger partial charge in [-0.15, -0.1) is 0 Å². The topological polar surface area (TPSA) is 56.1 Å². The van der Waals surface area contributed by atoms with Crippen molar-refractivity contribution in [1.29, 1.82) is 0 Å². The van der Waals surface area contributed by atoms with Gasteiger partial charge in [0.1, 0.15) is 0 Å². The SMILES string of the molecule is O=C1/C(=N\O)c2ccccc2CN2CC3(CC3)CN12. The predicted octanol–water partition coefficient (Wildman–Crippen LogP) is 1.22. The van der Waals surface area contributed by atoms with Crippen molar-refractivity contribution in [3.8, 4) is 0 Å². The van der Waals surface area contributed by atoms with Crippen LogP contribution in [0.15, 0.2) is 29.4 Å². The second-order valence-corrected chi connectivity index (χ2v) is 5.79. The molecule has 0 bridgehead atoms. The highest BCUT2D eigenvalue weighted by molar-refractivity contribution is 6.45. The molecule has 5 heteroatoms. The molecule has 1 aromatic rings. The van der Waals surface area contributed by atoms with Crippen molar-refractivity contribution in [3.63, 3.8) is 0 Å².